The monoisotopic (exact) mass is 444 g/mol. The first-order valence-corrected chi connectivity index (χ1v) is 11.1. The Balaban J connectivity index is 1.54. The second-order valence-corrected chi connectivity index (χ2v) is 8.75. The number of anilines is 1. The molecule has 0 saturated heterocycles. The number of rotatable bonds is 5. The summed E-state index contributed by atoms with van der Waals surface area (Å²) in [4.78, 5) is 38.5. The molecule has 1 aromatic heterocycles. The number of fused-ring (bicyclic) bond motifs is 2. The fourth-order valence-corrected chi connectivity index (χ4v) is 5.23. The number of carbonyl (C=O) groups excluding carboxylic acids is 3. The second kappa shape index (κ2) is 8.97. The standard InChI is InChI=1S/C22H24N2O6S/c1-3-28-22(27)24-20(26)19-14-6-4-12(2)8-17(14)31-21(19)23-18(25)10-13-5-7-15-16(9-13)30-11-29-15/h5,7,9,12H,3-4,6,8,10-11H2,1-2H3,(H,23,25)(H,24,26,27). The molecule has 2 aromatic rings. The molecule has 0 fully saturated rings. The van der Waals surface area contributed by atoms with Gasteiger partial charge in [0.2, 0.25) is 12.7 Å². The van der Waals surface area contributed by atoms with E-state index in [1.54, 1.807) is 19.1 Å². The Morgan fingerprint density at radius 1 is 1.23 bits per heavy atom. The van der Waals surface area contributed by atoms with Crippen molar-refractivity contribution in [2.75, 3.05) is 18.7 Å². The maximum Gasteiger partial charge on any atom is 0.414 e. The van der Waals surface area contributed by atoms with Crippen molar-refractivity contribution in [2.24, 2.45) is 5.92 Å². The Labute approximate surface area is 183 Å². The topological polar surface area (TPSA) is 103 Å². The zero-order chi connectivity index (χ0) is 22.0. The third kappa shape index (κ3) is 4.66. The molecule has 31 heavy (non-hydrogen) atoms. The van der Waals surface area contributed by atoms with Crippen molar-refractivity contribution in [3.63, 3.8) is 0 Å². The molecule has 2 N–H and O–H groups in total. The second-order valence-electron chi connectivity index (χ2n) is 7.64. The molecule has 1 unspecified atom stereocenters. The highest BCUT2D eigenvalue weighted by atomic mass is 32.1. The van der Waals surface area contributed by atoms with Crippen molar-refractivity contribution in [3.05, 3.63) is 39.8 Å². The average Bonchev–Trinajstić information content (AvgIpc) is 3.31. The van der Waals surface area contributed by atoms with Crippen LogP contribution >= 0.6 is 11.3 Å². The van der Waals surface area contributed by atoms with Crippen LogP contribution in [0, 0.1) is 5.92 Å². The molecule has 0 bridgehead atoms. The molecule has 0 radical (unpaired) electrons. The van der Waals surface area contributed by atoms with Gasteiger partial charge in [-0.3, -0.25) is 14.9 Å². The lowest BCUT2D eigenvalue weighted by atomic mass is 9.88. The summed E-state index contributed by atoms with van der Waals surface area (Å²) < 4.78 is 15.5. The molecule has 3 amide bonds. The lowest BCUT2D eigenvalue weighted by Gasteiger charge is -2.18. The molecule has 1 aliphatic heterocycles. The number of amides is 3. The predicted molar refractivity (Wildman–Crippen MR) is 115 cm³/mol. The predicted octanol–water partition coefficient (Wildman–Crippen LogP) is 3.67. The van der Waals surface area contributed by atoms with E-state index < -0.39 is 12.0 Å². The van der Waals surface area contributed by atoms with Gasteiger partial charge in [0.05, 0.1) is 18.6 Å². The number of alkyl carbamates (subject to hydrolysis) is 1. The maximum absolute atomic E-state index is 12.8. The van der Waals surface area contributed by atoms with Crippen LogP contribution in [0.25, 0.3) is 0 Å². The average molecular weight is 445 g/mol. The lowest BCUT2D eigenvalue weighted by Crippen LogP contribution is -2.32. The molecule has 0 saturated carbocycles. The number of nitrogens with one attached hydrogen (secondary N) is 2. The summed E-state index contributed by atoms with van der Waals surface area (Å²) in [6.45, 7) is 4.17. The number of hydrogen-bond acceptors (Lipinski definition) is 7. The quantitative estimate of drug-likeness (QED) is 0.730. The van der Waals surface area contributed by atoms with Crippen LogP contribution in [0.4, 0.5) is 9.80 Å². The van der Waals surface area contributed by atoms with E-state index >= 15 is 0 Å². The summed E-state index contributed by atoms with van der Waals surface area (Å²) in [7, 11) is 0. The van der Waals surface area contributed by atoms with Gasteiger partial charge in [-0.2, -0.15) is 0 Å². The Bertz CT molecular complexity index is 1030. The van der Waals surface area contributed by atoms with Crippen LogP contribution in [-0.2, 0) is 28.8 Å². The number of ether oxygens (including phenoxy) is 3. The van der Waals surface area contributed by atoms with Crippen molar-refractivity contribution >= 4 is 34.2 Å². The lowest BCUT2D eigenvalue weighted by molar-refractivity contribution is -0.115. The molecule has 1 aromatic carbocycles. The number of carbonyl (C=O) groups is 3. The zero-order valence-corrected chi connectivity index (χ0v) is 18.2. The highest BCUT2D eigenvalue weighted by Crippen LogP contribution is 2.40. The smallest absolute Gasteiger partial charge is 0.414 e. The minimum atomic E-state index is -0.797. The summed E-state index contributed by atoms with van der Waals surface area (Å²) >= 11 is 1.40. The van der Waals surface area contributed by atoms with Crippen LogP contribution in [0.5, 0.6) is 11.5 Å². The molecule has 164 valence electrons. The summed E-state index contributed by atoms with van der Waals surface area (Å²) in [6.07, 6.45) is 1.85. The fraction of sp³-hybridized carbons (Fsp3) is 0.409. The summed E-state index contributed by atoms with van der Waals surface area (Å²) in [5.74, 6) is 0.964. The first-order valence-electron chi connectivity index (χ1n) is 10.3. The van der Waals surface area contributed by atoms with Gasteiger partial charge in [-0.25, -0.2) is 4.79 Å². The minimum Gasteiger partial charge on any atom is -0.454 e. The van der Waals surface area contributed by atoms with Gasteiger partial charge in [-0.1, -0.05) is 13.0 Å². The Morgan fingerprint density at radius 3 is 2.84 bits per heavy atom. The van der Waals surface area contributed by atoms with Crippen LogP contribution in [0.1, 0.15) is 46.6 Å². The zero-order valence-electron chi connectivity index (χ0n) is 17.4. The van der Waals surface area contributed by atoms with E-state index in [9.17, 15) is 14.4 Å². The van der Waals surface area contributed by atoms with E-state index in [0.29, 0.717) is 28.0 Å². The molecule has 1 atom stereocenters. The molecular formula is C22H24N2O6S. The molecule has 9 heteroatoms. The van der Waals surface area contributed by atoms with Crippen molar-refractivity contribution in [1.82, 2.24) is 5.32 Å². The third-order valence-corrected chi connectivity index (χ3v) is 6.45. The van der Waals surface area contributed by atoms with Gasteiger partial charge >= 0.3 is 6.09 Å². The molecule has 0 spiro atoms. The van der Waals surface area contributed by atoms with E-state index in [1.807, 2.05) is 6.07 Å². The van der Waals surface area contributed by atoms with Crippen LogP contribution in [0.3, 0.4) is 0 Å². The number of benzene rings is 1. The Hall–Kier alpha value is -3.07. The Morgan fingerprint density at radius 2 is 2.03 bits per heavy atom. The Kier molecular flexibility index (Phi) is 6.13. The minimum absolute atomic E-state index is 0.120. The van der Waals surface area contributed by atoms with Gasteiger partial charge in [0, 0.05) is 4.88 Å². The van der Waals surface area contributed by atoms with Gasteiger partial charge in [0.25, 0.3) is 5.91 Å². The summed E-state index contributed by atoms with van der Waals surface area (Å²) in [5, 5.41) is 5.61. The van der Waals surface area contributed by atoms with E-state index in [1.165, 1.54) is 11.3 Å². The van der Waals surface area contributed by atoms with E-state index in [0.717, 1.165) is 35.3 Å². The van der Waals surface area contributed by atoms with E-state index in [-0.39, 0.29) is 25.7 Å². The maximum atomic E-state index is 12.8. The van der Waals surface area contributed by atoms with Gasteiger partial charge in [-0.05, 0) is 55.4 Å². The van der Waals surface area contributed by atoms with Crippen molar-refractivity contribution in [2.45, 2.75) is 39.5 Å². The van der Waals surface area contributed by atoms with E-state index in [4.69, 9.17) is 14.2 Å². The van der Waals surface area contributed by atoms with Crippen LogP contribution in [0.2, 0.25) is 0 Å². The highest BCUT2D eigenvalue weighted by molar-refractivity contribution is 7.17. The van der Waals surface area contributed by atoms with Crippen LogP contribution in [-0.4, -0.2) is 31.3 Å². The van der Waals surface area contributed by atoms with Gasteiger partial charge < -0.3 is 19.5 Å². The fourth-order valence-electron chi connectivity index (χ4n) is 3.81. The number of hydrogen-bond donors (Lipinski definition) is 2. The van der Waals surface area contributed by atoms with E-state index in [2.05, 4.69) is 17.6 Å². The van der Waals surface area contributed by atoms with Gasteiger partial charge in [-0.15, -0.1) is 11.3 Å². The molecule has 4 rings (SSSR count). The summed E-state index contributed by atoms with van der Waals surface area (Å²) in [6, 6.07) is 5.36. The number of thiophene rings is 1. The van der Waals surface area contributed by atoms with Crippen molar-refractivity contribution < 1.29 is 28.6 Å². The first kappa shape index (κ1) is 21.2. The molecular weight excluding hydrogens is 420 g/mol. The van der Waals surface area contributed by atoms with Crippen LogP contribution < -0.4 is 20.1 Å². The molecule has 2 heterocycles. The number of imide groups is 1. The molecule has 2 aliphatic rings. The SMILES string of the molecule is CCOC(=O)NC(=O)c1c(NC(=O)Cc2ccc3c(c2)OCO3)sc2c1CCC(C)C2. The largest absolute Gasteiger partial charge is 0.454 e. The molecule has 8 nitrogen and oxygen atoms in total. The first-order chi connectivity index (χ1) is 14.9. The van der Waals surface area contributed by atoms with Crippen molar-refractivity contribution in [1.29, 1.82) is 0 Å². The molecule has 1 aliphatic carbocycles. The van der Waals surface area contributed by atoms with Crippen molar-refractivity contribution in [3.8, 4) is 11.5 Å². The normalized spacial score (nSPS) is 16.4. The third-order valence-electron chi connectivity index (χ3n) is 5.28. The highest BCUT2D eigenvalue weighted by Gasteiger charge is 2.29. The van der Waals surface area contributed by atoms with Gasteiger partial charge in [0.1, 0.15) is 5.00 Å². The summed E-state index contributed by atoms with van der Waals surface area (Å²) in [5.41, 5.74) is 2.04. The van der Waals surface area contributed by atoms with Crippen LogP contribution in [0.15, 0.2) is 18.2 Å². The van der Waals surface area contributed by atoms with Gasteiger partial charge in [0.15, 0.2) is 11.5 Å².